The number of rotatable bonds is 7. The Bertz CT molecular complexity index is 362. The Morgan fingerprint density at radius 1 is 1.53 bits per heavy atom. The summed E-state index contributed by atoms with van der Waals surface area (Å²) in [6.45, 7) is 3.65. The topological polar surface area (TPSA) is 86.7 Å². The van der Waals surface area contributed by atoms with Crippen LogP contribution in [0, 0.1) is 0 Å². The molecule has 1 fully saturated rings. The molecule has 2 N–H and O–H groups in total. The van der Waals surface area contributed by atoms with Crippen LogP contribution in [0.2, 0.25) is 0 Å². The van der Waals surface area contributed by atoms with Crippen molar-refractivity contribution < 1.29 is 18.9 Å². The number of carbonyl (C=O) groups is 2. The summed E-state index contributed by atoms with van der Waals surface area (Å²) in [4.78, 5) is 25.2. The molecule has 6 nitrogen and oxygen atoms in total. The fourth-order valence-corrected chi connectivity index (χ4v) is 2.88. The van der Waals surface area contributed by atoms with Crippen molar-refractivity contribution in [3.8, 4) is 0 Å². The minimum absolute atomic E-state index is 0.197. The Morgan fingerprint density at radius 2 is 2.21 bits per heavy atom. The lowest BCUT2D eigenvalue weighted by atomic mass is 10.1. The molecule has 0 aromatic rings. The minimum atomic E-state index is -1.07. The largest absolute Gasteiger partial charge is 0.480 e. The van der Waals surface area contributed by atoms with Gasteiger partial charge >= 0.3 is 5.97 Å². The van der Waals surface area contributed by atoms with Crippen LogP contribution in [0.3, 0.4) is 0 Å². The zero-order valence-corrected chi connectivity index (χ0v) is 12.2. The molecular weight excluding hydrogens is 268 g/mol. The van der Waals surface area contributed by atoms with E-state index in [1.807, 2.05) is 11.8 Å². The van der Waals surface area contributed by atoms with Crippen LogP contribution >= 0.6 is 0 Å². The average Bonchev–Trinajstić information content (AvgIpc) is 2.81. The Labute approximate surface area is 116 Å². The van der Waals surface area contributed by atoms with Gasteiger partial charge in [0.15, 0.2) is 0 Å². The second-order valence-corrected chi connectivity index (χ2v) is 6.31. The highest BCUT2D eigenvalue weighted by Crippen LogP contribution is 2.16. The van der Waals surface area contributed by atoms with Gasteiger partial charge in [-0.3, -0.25) is 13.9 Å². The van der Waals surface area contributed by atoms with E-state index in [0.29, 0.717) is 0 Å². The quantitative estimate of drug-likeness (QED) is 0.678. The maximum Gasteiger partial charge on any atom is 0.326 e. The molecule has 0 aromatic carbocycles. The molecule has 110 valence electrons. The average molecular weight is 290 g/mol. The van der Waals surface area contributed by atoms with E-state index >= 15 is 0 Å². The number of hydrogen-bond acceptors (Lipinski definition) is 4. The number of amides is 1. The first-order valence-electron chi connectivity index (χ1n) is 6.53. The van der Waals surface area contributed by atoms with Crippen LogP contribution in [0.5, 0.6) is 0 Å². The zero-order valence-electron chi connectivity index (χ0n) is 11.4. The maximum atomic E-state index is 12.1. The minimum Gasteiger partial charge on any atom is -0.480 e. The smallest absolute Gasteiger partial charge is 0.326 e. The van der Waals surface area contributed by atoms with Crippen molar-refractivity contribution in [2.24, 2.45) is 0 Å². The molecule has 1 heterocycles. The molecule has 3 atom stereocenters. The molecule has 7 heteroatoms. The number of carbonyl (C=O) groups excluding carboxylic acids is 1. The van der Waals surface area contributed by atoms with Crippen LogP contribution < -0.4 is 5.32 Å². The number of nitrogens with one attached hydrogen (secondary N) is 1. The molecule has 0 aliphatic carbocycles. The number of likely N-dealkylation sites (tertiary alicyclic amines) is 1. The van der Waals surface area contributed by atoms with Crippen molar-refractivity contribution in [1.29, 1.82) is 0 Å². The summed E-state index contributed by atoms with van der Waals surface area (Å²) in [6.07, 6.45) is 3.45. The van der Waals surface area contributed by atoms with Crippen LogP contribution in [0.1, 0.15) is 26.2 Å². The van der Waals surface area contributed by atoms with E-state index in [9.17, 15) is 13.8 Å². The van der Waals surface area contributed by atoms with E-state index in [1.165, 1.54) is 6.26 Å². The summed E-state index contributed by atoms with van der Waals surface area (Å²) in [7, 11) is -1.05. The van der Waals surface area contributed by atoms with Gasteiger partial charge in [0.1, 0.15) is 6.04 Å². The fourth-order valence-electron chi connectivity index (χ4n) is 2.31. The SMILES string of the molecule is CCN1CCC[C@H]1C(=O)N[C@@H](CCS(C)=O)C(=O)O. The van der Waals surface area contributed by atoms with Gasteiger partial charge in [-0.2, -0.15) is 0 Å². The van der Waals surface area contributed by atoms with E-state index in [1.54, 1.807) is 0 Å². The standard InChI is InChI=1S/C12H22N2O4S/c1-3-14-7-4-5-10(14)11(15)13-9(12(16)17)6-8-19(2)18/h9-10H,3-8H2,1-2H3,(H,13,15)(H,16,17)/t9-,10-,19?/m0/s1. The molecule has 1 unspecified atom stereocenters. The van der Waals surface area contributed by atoms with Gasteiger partial charge < -0.3 is 10.4 Å². The predicted octanol–water partition coefficient (Wildman–Crippen LogP) is -0.191. The second-order valence-electron chi connectivity index (χ2n) is 4.75. The molecule has 0 bridgehead atoms. The Hall–Kier alpha value is -0.950. The Kier molecular flexibility index (Phi) is 6.44. The molecule has 0 aromatic heterocycles. The molecule has 19 heavy (non-hydrogen) atoms. The molecule has 0 saturated carbocycles. The highest BCUT2D eigenvalue weighted by molar-refractivity contribution is 7.84. The first-order chi connectivity index (χ1) is 8.95. The third-order valence-corrected chi connectivity index (χ3v) is 4.19. The third-order valence-electron chi connectivity index (χ3n) is 3.38. The van der Waals surface area contributed by atoms with Gasteiger partial charge in [0.2, 0.25) is 5.91 Å². The van der Waals surface area contributed by atoms with Crippen molar-refractivity contribution in [3.63, 3.8) is 0 Å². The van der Waals surface area contributed by atoms with Gasteiger partial charge in [0.25, 0.3) is 0 Å². The molecule has 0 radical (unpaired) electrons. The highest BCUT2D eigenvalue weighted by atomic mass is 32.2. The second kappa shape index (κ2) is 7.59. The third kappa shape index (κ3) is 4.91. The normalized spacial score (nSPS) is 22.9. The number of hydrogen-bond donors (Lipinski definition) is 2. The number of likely N-dealkylation sites (N-methyl/N-ethyl adjacent to an activating group) is 1. The summed E-state index contributed by atoms with van der Waals surface area (Å²) >= 11 is 0. The summed E-state index contributed by atoms with van der Waals surface area (Å²) in [5.74, 6) is -1.02. The van der Waals surface area contributed by atoms with Crippen molar-refractivity contribution in [1.82, 2.24) is 10.2 Å². The summed E-state index contributed by atoms with van der Waals surface area (Å²) in [6, 6.07) is -1.17. The number of carboxylic acids is 1. The lowest BCUT2D eigenvalue weighted by molar-refractivity contribution is -0.142. The lowest BCUT2D eigenvalue weighted by Crippen LogP contribution is -2.49. The summed E-state index contributed by atoms with van der Waals surface area (Å²) in [5, 5.41) is 11.6. The monoisotopic (exact) mass is 290 g/mol. The van der Waals surface area contributed by atoms with Crippen molar-refractivity contribution >= 4 is 22.7 Å². The number of nitrogens with zero attached hydrogens (tertiary/aromatic N) is 1. The molecule has 1 saturated heterocycles. The van der Waals surface area contributed by atoms with Gasteiger partial charge in [0, 0.05) is 22.8 Å². The fraction of sp³-hybridized carbons (Fsp3) is 0.833. The first kappa shape index (κ1) is 16.1. The summed E-state index contributed by atoms with van der Waals surface area (Å²) < 4.78 is 11.0. The van der Waals surface area contributed by atoms with Gasteiger partial charge in [-0.05, 0) is 32.4 Å². The molecule has 1 aliphatic rings. The van der Waals surface area contributed by atoms with Crippen LogP contribution in [0.4, 0.5) is 0 Å². The maximum absolute atomic E-state index is 12.1. The van der Waals surface area contributed by atoms with E-state index in [-0.39, 0.29) is 24.1 Å². The van der Waals surface area contributed by atoms with E-state index in [4.69, 9.17) is 5.11 Å². The first-order valence-corrected chi connectivity index (χ1v) is 8.25. The van der Waals surface area contributed by atoms with Gasteiger partial charge in [0.05, 0.1) is 6.04 Å². The molecular formula is C12H22N2O4S. The predicted molar refractivity (Wildman–Crippen MR) is 73.4 cm³/mol. The molecule has 1 amide bonds. The molecule has 1 rings (SSSR count). The van der Waals surface area contributed by atoms with E-state index in [0.717, 1.165) is 25.9 Å². The lowest BCUT2D eigenvalue weighted by Gasteiger charge is -2.23. The van der Waals surface area contributed by atoms with E-state index < -0.39 is 22.8 Å². The van der Waals surface area contributed by atoms with Crippen molar-refractivity contribution in [2.45, 2.75) is 38.3 Å². The van der Waals surface area contributed by atoms with Crippen LogP contribution in [0.15, 0.2) is 0 Å². The van der Waals surface area contributed by atoms with Gasteiger partial charge in [-0.15, -0.1) is 0 Å². The Morgan fingerprint density at radius 3 is 2.74 bits per heavy atom. The number of carboxylic acid groups (broad SMARTS) is 1. The van der Waals surface area contributed by atoms with Crippen LogP contribution in [0.25, 0.3) is 0 Å². The van der Waals surface area contributed by atoms with Crippen molar-refractivity contribution in [2.75, 3.05) is 25.1 Å². The van der Waals surface area contributed by atoms with E-state index in [2.05, 4.69) is 5.32 Å². The number of aliphatic carboxylic acids is 1. The van der Waals surface area contributed by atoms with Gasteiger partial charge in [-0.1, -0.05) is 6.92 Å². The molecule has 1 aliphatic heterocycles. The Balaban J connectivity index is 2.55. The highest BCUT2D eigenvalue weighted by Gasteiger charge is 2.31. The van der Waals surface area contributed by atoms with Crippen LogP contribution in [-0.4, -0.2) is 63.3 Å². The van der Waals surface area contributed by atoms with Crippen molar-refractivity contribution in [3.05, 3.63) is 0 Å². The summed E-state index contributed by atoms with van der Waals surface area (Å²) in [5.41, 5.74) is 0. The van der Waals surface area contributed by atoms with Gasteiger partial charge in [-0.25, -0.2) is 4.79 Å². The molecule has 0 spiro atoms. The zero-order chi connectivity index (χ0) is 14.4. The van der Waals surface area contributed by atoms with Crippen LogP contribution in [-0.2, 0) is 20.4 Å².